The average molecular weight is 539 g/mol. The zero-order valence-electron chi connectivity index (χ0n) is 20.9. The second-order valence-electron chi connectivity index (χ2n) is 7.87. The van der Waals surface area contributed by atoms with Gasteiger partial charge in [0.1, 0.15) is 12.4 Å². The number of aryl methyl sites for hydroxylation is 1. The number of aromatic nitrogens is 3. The number of anilines is 1. The van der Waals surface area contributed by atoms with E-state index in [1.54, 1.807) is 61.5 Å². The molecule has 2 heterocycles. The third-order valence-corrected chi connectivity index (χ3v) is 6.41. The fourth-order valence-corrected chi connectivity index (χ4v) is 4.29. The van der Waals surface area contributed by atoms with Gasteiger partial charge in [0.05, 0.1) is 20.8 Å². The molecular formula is C26H26N4O7S. The molecule has 0 saturated heterocycles. The van der Waals surface area contributed by atoms with Crippen molar-refractivity contribution in [3.63, 3.8) is 0 Å². The number of ether oxygens (including phenoxy) is 4. The van der Waals surface area contributed by atoms with Gasteiger partial charge in [-0.15, -0.1) is 0 Å². The Kier molecular flexibility index (Phi) is 8.24. The molecular weight excluding hydrogens is 512 g/mol. The lowest BCUT2D eigenvalue weighted by Crippen LogP contribution is -2.17. The lowest BCUT2D eigenvalue weighted by molar-refractivity contribution is 0.201. The first-order valence-corrected chi connectivity index (χ1v) is 12.9. The largest absolute Gasteiger partial charge is 0.493 e. The van der Waals surface area contributed by atoms with Gasteiger partial charge < -0.3 is 24.1 Å². The van der Waals surface area contributed by atoms with Crippen molar-refractivity contribution in [2.45, 2.75) is 11.9 Å². The Morgan fingerprint density at radius 2 is 1.74 bits per heavy atom. The normalized spacial score (nSPS) is 11.1. The molecule has 0 amide bonds. The first-order chi connectivity index (χ1) is 18.3. The number of aliphatic hydroxyl groups excluding tert-OH is 1. The molecule has 38 heavy (non-hydrogen) atoms. The van der Waals surface area contributed by atoms with E-state index in [0.717, 1.165) is 5.56 Å². The van der Waals surface area contributed by atoms with Gasteiger partial charge >= 0.3 is 0 Å². The first kappa shape index (κ1) is 26.6. The predicted octanol–water partition coefficient (Wildman–Crippen LogP) is 3.83. The fourth-order valence-electron chi connectivity index (χ4n) is 3.35. The fraction of sp³-hybridized carbons (Fsp3) is 0.192. The van der Waals surface area contributed by atoms with Gasteiger partial charge in [-0.2, -0.15) is 13.4 Å². The number of nitrogens with zero attached hydrogens (tertiary/aromatic N) is 3. The van der Waals surface area contributed by atoms with E-state index in [-0.39, 0.29) is 47.3 Å². The van der Waals surface area contributed by atoms with Gasteiger partial charge in [-0.3, -0.25) is 4.72 Å². The summed E-state index contributed by atoms with van der Waals surface area (Å²) in [6.45, 7) is 1.76. The average Bonchev–Trinajstić information content (AvgIpc) is 2.93. The number of methoxy groups -OCH3 is 2. The molecule has 0 spiro atoms. The van der Waals surface area contributed by atoms with Crippen LogP contribution >= 0.6 is 0 Å². The number of sulfonamides is 1. The van der Waals surface area contributed by atoms with Crippen molar-refractivity contribution in [2.24, 2.45) is 0 Å². The SMILES string of the molecule is COc1ccccc1Oc1c(NS(=O)(=O)c2ccc(C)cn2)nc(-c2cccc(OCCO)c2)nc1OC. The van der Waals surface area contributed by atoms with E-state index < -0.39 is 10.0 Å². The molecule has 198 valence electrons. The number of aliphatic hydroxyl groups is 1. The van der Waals surface area contributed by atoms with Crippen LogP contribution in [-0.4, -0.2) is 55.9 Å². The molecule has 2 N–H and O–H groups in total. The molecule has 0 bridgehead atoms. The van der Waals surface area contributed by atoms with E-state index in [4.69, 9.17) is 24.1 Å². The first-order valence-electron chi connectivity index (χ1n) is 11.4. The highest BCUT2D eigenvalue weighted by atomic mass is 32.2. The number of rotatable bonds is 11. The summed E-state index contributed by atoms with van der Waals surface area (Å²) in [7, 11) is -1.31. The molecule has 11 nitrogen and oxygen atoms in total. The number of hydrogen-bond donors (Lipinski definition) is 2. The minimum absolute atomic E-state index is 0.0304. The number of para-hydroxylation sites is 2. The molecule has 4 aromatic rings. The van der Waals surface area contributed by atoms with Crippen LogP contribution in [-0.2, 0) is 10.0 Å². The Bertz CT molecular complexity index is 1510. The minimum atomic E-state index is -4.18. The van der Waals surface area contributed by atoms with Crippen LogP contribution in [0.1, 0.15) is 5.56 Å². The maximum Gasteiger partial charge on any atom is 0.280 e. The van der Waals surface area contributed by atoms with Gasteiger partial charge in [-0.25, -0.2) is 9.97 Å². The highest BCUT2D eigenvalue weighted by molar-refractivity contribution is 7.92. The van der Waals surface area contributed by atoms with E-state index in [2.05, 4.69) is 19.7 Å². The monoisotopic (exact) mass is 538 g/mol. The summed E-state index contributed by atoms with van der Waals surface area (Å²) >= 11 is 0. The van der Waals surface area contributed by atoms with Crippen molar-refractivity contribution >= 4 is 15.8 Å². The van der Waals surface area contributed by atoms with Crippen LogP contribution in [0.3, 0.4) is 0 Å². The summed E-state index contributed by atoms with van der Waals surface area (Å²) in [5.74, 6) is 1.01. The standard InChI is InChI=1S/C26H26N4O7S/c1-17-11-12-22(27-16-17)38(32,33)30-25-23(37-21-10-5-4-9-20(21)34-2)26(35-3)29-24(28-25)18-7-6-8-19(15-18)36-14-13-31/h4-12,15-16,31H,13-14H2,1-3H3,(H,28,29,30). The lowest BCUT2D eigenvalue weighted by atomic mass is 10.2. The second-order valence-corrected chi connectivity index (χ2v) is 9.50. The molecule has 0 saturated carbocycles. The van der Waals surface area contributed by atoms with Gasteiger partial charge in [-0.1, -0.05) is 30.3 Å². The van der Waals surface area contributed by atoms with Gasteiger partial charge in [0.25, 0.3) is 15.9 Å². The molecule has 0 aliphatic carbocycles. The van der Waals surface area contributed by atoms with Crippen molar-refractivity contribution in [3.8, 4) is 40.3 Å². The summed E-state index contributed by atoms with van der Waals surface area (Å²) in [6.07, 6.45) is 1.45. The number of benzene rings is 2. The van der Waals surface area contributed by atoms with E-state index in [9.17, 15) is 8.42 Å². The highest BCUT2D eigenvalue weighted by Gasteiger charge is 2.25. The molecule has 0 aliphatic rings. The van der Waals surface area contributed by atoms with Crippen LogP contribution in [0.5, 0.6) is 28.9 Å². The van der Waals surface area contributed by atoms with E-state index in [1.807, 2.05) is 0 Å². The number of pyridine rings is 1. The quantitative estimate of drug-likeness (QED) is 0.289. The molecule has 0 radical (unpaired) electrons. The summed E-state index contributed by atoms with van der Waals surface area (Å²) in [6, 6.07) is 16.7. The van der Waals surface area contributed by atoms with Crippen molar-refractivity contribution in [2.75, 3.05) is 32.2 Å². The molecule has 2 aromatic heterocycles. The van der Waals surface area contributed by atoms with E-state index in [0.29, 0.717) is 17.1 Å². The number of hydrogen-bond acceptors (Lipinski definition) is 10. The van der Waals surface area contributed by atoms with Crippen LogP contribution < -0.4 is 23.7 Å². The molecule has 12 heteroatoms. The maximum absolute atomic E-state index is 13.3. The van der Waals surface area contributed by atoms with E-state index >= 15 is 0 Å². The molecule has 0 unspecified atom stereocenters. The predicted molar refractivity (Wildman–Crippen MR) is 139 cm³/mol. The zero-order valence-corrected chi connectivity index (χ0v) is 21.7. The Morgan fingerprint density at radius 3 is 2.42 bits per heavy atom. The Balaban J connectivity index is 1.84. The third kappa shape index (κ3) is 6.10. The van der Waals surface area contributed by atoms with Crippen LogP contribution in [0.4, 0.5) is 5.82 Å². The van der Waals surface area contributed by atoms with Gasteiger partial charge in [0.2, 0.25) is 5.75 Å². The minimum Gasteiger partial charge on any atom is -0.493 e. The van der Waals surface area contributed by atoms with Crippen molar-refractivity contribution in [3.05, 3.63) is 72.4 Å². The van der Waals surface area contributed by atoms with Crippen LogP contribution in [0, 0.1) is 6.92 Å². The van der Waals surface area contributed by atoms with Gasteiger partial charge in [0, 0.05) is 11.8 Å². The van der Waals surface area contributed by atoms with Crippen molar-refractivity contribution in [1.29, 1.82) is 0 Å². The van der Waals surface area contributed by atoms with Gasteiger partial charge in [0.15, 0.2) is 28.2 Å². The van der Waals surface area contributed by atoms with Crippen molar-refractivity contribution in [1.82, 2.24) is 15.0 Å². The number of nitrogens with one attached hydrogen (secondary N) is 1. The van der Waals surface area contributed by atoms with Crippen LogP contribution in [0.2, 0.25) is 0 Å². The molecule has 0 fully saturated rings. The molecule has 2 aromatic carbocycles. The zero-order chi connectivity index (χ0) is 27.1. The molecule has 4 rings (SSSR count). The highest BCUT2D eigenvalue weighted by Crippen LogP contribution is 2.41. The Labute approximate surface area is 220 Å². The van der Waals surface area contributed by atoms with Gasteiger partial charge in [-0.05, 0) is 42.8 Å². The maximum atomic E-state index is 13.3. The Morgan fingerprint density at radius 1 is 0.947 bits per heavy atom. The van der Waals surface area contributed by atoms with Crippen LogP contribution in [0.25, 0.3) is 11.4 Å². The Hall–Kier alpha value is -4.42. The second kappa shape index (κ2) is 11.8. The summed E-state index contributed by atoms with van der Waals surface area (Å²) in [4.78, 5) is 13.0. The van der Waals surface area contributed by atoms with Crippen molar-refractivity contribution < 1.29 is 32.5 Å². The smallest absolute Gasteiger partial charge is 0.280 e. The summed E-state index contributed by atoms with van der Waals surface area (Å²) in [5.41, 5.74) is 1.31. The third-order valence-electron chi connectivity index (χ3n) is 5.15. The summed E-state index contributed by atoms with van der Waals surface area (Å²) < 4.78 is 51.4. The van der Waals surface area contributed by atoms with E-state index in [1.165, 1.54) is 26.5 Å². The molecule has 0 atom stereocenters. The van der Waals surface area contributed by atoms with Crippen LogP contribution in [0.15, 0.2) is 71.9 Å². The topological polar surface area (TPSA) is 142 Å². The lowest BCUT2D eigenvalue weighted by Gasteiger charge is -2.17. The summed E-state index contributed by atoms with van der Waals surface area (Å²) in [5, 5.41) is 8.86. The molecule has 0 aliphatic heterocycles.